The van der Waals surface area contributed by atoms with Crippen LogP contribution in [0.4, 0.5) is 30.2 Å². The van der Waals surface area contributed by atoms with Gasteiger partial charge in [-0.05, 0) is 12.1 Å². The standard InChI is InChI=1S/C9H10F3N3O/c1-4(16)15-8-6(13)2-5(3-7(8)14)9(10,11)12/h2-3H,13-14H2,1H3,(H,15,16). The van der Waals surface area contributed by atoms with Crippen LogP contribution in [0.15, 0.2) is 12.1 Å². The molecule has 1 aromatic carbocycles. The molecule has 88 valence electrons. The maximum absolute atomic E-state index is 12.3. The van der Waals surface area contributed by atoms with Gasteiger partial charge in [0.2, 0.25) is 5.91 Å². The van der Waals surface area contributed by atoms with Crippen molar-refractivity contribution >= 4 is 23.0 Å². The predicted molar refractivity (Wildman–Crippen MR) is 54.6 cm³/mol. The summed E-state index contributed by atoms with van der Waals surface area (Å²) < 4.78 is 37.0. The van der Waals surface area contributed by atoms with Crippen LogP contribution in [0, 0.1) is 0 Å². The molecule has 0 atom stereocenters. The van der Waals surface area contributed by atoms with Crippen LogP contribution in [0.2, 0.25) is 0 Å². The highest BCUT2D eigenvalue weighted by molar-refractivity contribution is 5.96. The fourth-order valence-corrected chi connectivity index (χ4v) is 1.17. The number of carbonyl (C=O) groups is 1. The van der Waals surface area contributed by atoms with Gasteiger partial charge in [0.1, 0.15) is 0 Å². The maximum Gasteiger partial charge on any atom is 0.416 e. The van der Waals surface area contributed by atoms with Crippen LogP contribution in [0.3, 0.4) is 0 Å². The molecule has 16 heavy (non-hydrogen) atoms. The molecule has 0 fully saturated rings. The van der Waals surface area contributed by atoms with Gasteiger partial charge < -0.3 is 16.8 Å². The highest BCUT2D eigenvalue weighted by Gasteiger charge is 2.31. The van der Waals surface area contributed by atoms with E-state index in [0.29, 0.717) is 0 Å². The van der Waals surface area contributed by atoms with Gasteiger partial charge in [0.25, 0.3) is 0 Å². The monoisotopic (exact) mass is 233 g/mol. The van der Waals surface area contributed by atoms with Crippen molar-refractivity contribution in [2.24, 2.45) is 0 Å². The average molecular weight is 233 g/mol. The molecule has 0 spiro atoms. The molecule has 7 heteroatoms. The first kappa shape index (κ1) is 12.2. The molecule has 0 aromatic heterocycles. The number of nitrogen functional groups attached to an aromatic ring is 2. The van der Waals surface area contributed by atoms with Gasteiger partial charge in [0.15, 0.2) is 0 Å². The van der Waals surface area contributed by atoms with Crippen LogP contribution in [0.1, 0.15) is 12.5 Å². The summed E-state index contributed by atoms with van der Waals surface area (Å²) in [4.78, 5) is 10.8. The van der Waals surface area contributed by atoms with E-state index in [0.717, 1.165) is 12.1 Å². The Morgan fingerprint density at radius 3 is 2.00 bits per heavy atom. The topological polar surface area (TPSA) is 81.1 Å². The summed E-state index contributed by atoms with van der Waals surface area (Å²) in [5, 5.41) is 2.26. The zero-order valence-electron chi connectivity index (χ0n) is 8.35. The molecule has 0 radical (unpaired) electrons. The van der Waals surface area contributed by atoms with Gasteiger partial charge in [0.05, 0.1) is 22.6 Å². The van der Waals surface area contributed by atoms with Crippen LogP contribution >= 0.6 is 0 Å². The lowest BCUT2D eigenvalue weighted by Crippen LogP contribution is -2.13. The van der Waals surface area contributed by atoms with E-state index >= 15 is 0 Å². The molecular weight excluding hydrogens is 223 g/mol. The summed E-state index contributed by atoms with van der Waals surface area (Å²) in [6.45, 7) is 1.20. The lowest BCUT2D eigenvalue weighted by Gasteiger charge is -2.13. The Labute approximate surface area is 89.4 Å². The molecule has 4 nitrogen and oxygen atoms in total. The fourth-order valence-electron chi connectivity index (χ4n) is 1.17. The highest BCUT2D eigenvalue weighted by Crippen LogP contribution is 2.36. The smallest absolute Gasteiger partial charge is 0.397 e. The third-order valence-corrected chi connectivity index (χ3v) is 1.83. The van der Waals surface area contributed by atoms with Gasteiger partial charge in [0, 0.05) is 6.92 Å². The molecule has 0 saturated carbocycles. The van der Waals surface area contributed by atoms with Crippen LogP contribution in [0.5, 0.6) is 0 Å². The number of anilines is 3. The van der Waals surface area contributed by atoms with Crippen molar-refractivity contribution in [2.75, 3.05) is 16.8 Å². The second kappa shape index (κ2) is 3.92. The molecule has 0 aliphatic heterocycles. The summed E-state index contributed by atoms with van der Waals surface area (Å²) in [6, 6.07) is 1.45. The van der Waals surface area contributed by atoms with Gasteiger partial charge in [-0.25, -0.2) is 0 Å². The Morgan fingerprint density at radius 1 is 1.25 bits per heavy atom. The molecule has 1 amide bonds. The third kappa shape index (κ3) is 2.56. The van der Waals surface area contributed by atoms with Gasteiger partial charge in [-0.2, -0.15) is 13.2 Å². The zero-order chi connectivity index (χ0) is 12.5. The number of nitrogens with two attached hydrogens (primary N) is 2. The minimum atomic E-state index is -4.52. The third-order valence-electron chi connectivity index (χ3n) is 1.83. The summed E-state index contributed by atoms with van der Waals surface area (Å²) in [7, 11) is 0. The Balaban J connectivity index is 3.23. The van der Waals surface area contributed by atoms with Crippen LogP contribution in [-0.4, -0.2) is 5.91 Å². The maximum atomic E-state index is 12.3. The molecule has 0 aliphatic carbocycles. The van der Waals surface area contributed by atoms with Crippen LogP contribution in [0.25, 0.3) is 0 Å². The van der Waals surface area contributed by atoms with Gasteiger partial charge in [-0.1, -0.05) is 0 Å². The molecule has 0 bridgehead atoms. The number of alkyl halides is 3. The van der Waals surface area contributed by atoms with Crippen LogP contribution < -0.4 is 16.8 Å². The lowest BCUT2D eigenvalue weighted by molar-refractivity contribution is -0.137. The molecule has 0 unspecified atom stereocenters. The van der Waals surface area contributed by atoms with Crippen molar-refractivity contribution in [3.05, 3.63) is 17.7 Å². The van der Waals surface area contributed by atoms with Crippen molar-refractivity contribution in [3.63, 3.8) is 0 Å². The number of benzene rings is 1. The van der Waals surface area contributed by atoms with Crippen molar-refractivity contribution in [2.45, 2.75) is 13.1 Å². The number of nitrogens with one attached hydrogen (secondary N) is 1. The molecular formula is C9H10F3N3O. The van der Waals surface area contributed by atoms with Crippen molar-refractivity contribution in [3.8, 4) is 0 Å². The van der Waals surface area contributed by atoms with Crippen molar-refractivity contribution in [1.29, 1.82) is 0 Å². The first-order valence-electron chi connectivity index (χ1n) is 4.25. The minimum Gasteiger partial charge on any atom is -0.397 e. The van der Waals surface area contributed by atoms with E-state index in [1.54, 1.807) is 0 Å². The SMILES string of the molecule is CC(=O)Nc1c(N)cc(C(F)(F)F)cc1N. The number of amides is 1. The van der Waals surface area contributed by atoms with Gasteiger partial charge in [-0.15, -0.1) is 0 Å². The Kier molecular flexibility index (Phi) is 2.97. The molecule has 5 N–H and O–H groups in total. The van der Waals surface area contributed by atoms with E-state index in [4.69, 9.17) is 11.5 Å². The molecule has 1 aromatic rings. The molecule has 0 aliphatic rings. The summed E-state index contributed by atoms with van der Waals surface area (Å²) >= 11 is 0. The van der Waals surface area contributed by atoms with E-state index < -0.39 is 17.6 Å². The molecule has 1 rings (SSSR count). The normalized spacial score (nSPS) is 11.2. The minimum absolute atomic E-state index is 0.000463. The van der Waals surface area contributed by atoms with E-state index in [-0.39, 0.29) is 17.1 Å². The van der Waals surface area contributed by atoms with E-state index in [9.17, 15) is 18.0 Å². The van der Waals surface area contributed by atoms with E-state index in [2.05, 4.69) is 5.32 Å². The first-order chi connectivity index (χ1) is 7.21. The largest absolute Gasteiger partial charge is 0.416 e. The number of hydrogen-bond acceptors (Lipinski definition) is 3. The summed E-state index contributed by atoms with van der Waals surface area (Å²) in [6.07, 6.45) is -4.52. The average Bonchev–Trinajstić information content (AvgIpc) is 2.09. The number of halogens is 3. The number of hydrogen-bond donors (Lipinski definition) is 3. The quantitative estimate of drug-likeness (QED) is 0.647. The first-order valence-corrected chi connectivity index (χ1v) is 4.25. The zero-order valence-corrected chi connectivity index (χ0v) is 8.35. The van der Waals surface area contributed by atoms with Crippen molar-refractivity contribution in [1.82, 2.24) is 0 Å². The Hall–Kier alpha value is -1.92. The predicted octanol–water partition coefficient (Wildman–Crippen LogP) is 1.83. The Bertz CT molecular complexity index is 405. The van der Waals surface area contributed by atoms with Gasteiger partial charge >= 0.3 is 6.18 Å². The Morgan fingerprint density at radius 2 is 1.69 bits per heavy atom. The summed E-state index contributed by atoms with van der Waals surface area (Å²) in [5.41, 5.74) is 9.36. The van der Waals surface area contributed by atoms with E-state index in [1.807, 2.05) is 0 Å². The number of rotatable bonds is 1. The summed E-state index contributed by atoms with van der Waals surface area (Å²) in [5.74, 6) is -0.460. The second-order valence-corrected chi connectivity index (χ2v) is 3.21. The highest BCUT2D eigenvalue weighted by atomic mass is 19.4. The molecule has 0 saturated heterocycles. The number of carbonyl (C=O) groups excluding carboxylic acids is 1. The lowest BCUT2D eigenvalue weighted by atomic mass is 10.1. The van der Waals surface area contributed by atoms with Crippen molar-refractivity contribution < 1.29 is 18.0 Å². The van der Waals surface area contributed by atoms with Gasteiger partial charge in [-0.3, -0.25) is 4.79 Å². The fraction of sp³-hybridized carbons (Fsp3) is 0.222. The molecule has 0 heterocycles. The van der Waals surface area contributed by atoms with E-state index in [1.165, 1.54) is 6.92 Å². The second-order valence-electron chi connectivity index (χ2n) is 3.21. The van der Waals surface area contributed by atoms with Crippen LogP contribution in [-0.2, 0) is 11.0 Å².